The Morgan fingerprint density at radius 2 is 1.79 bits per heavy atom. The zero-order valence-corrected chi connectivity index (χ0v) is 11.3. The molecule has 1 aliphatic rings. The average Bonchev–Trinajstić information content (AvgIpc) is 2.22. The van der Waals surface area contributed by atoms with E-state index in [0.29, 0.717) is 0 Å². The lowest BCUT2D eigenvalue weighted by molar-refractivity contribution is 0.0375. The first-order valence-electron chi connectivity index (χ1n) is 5.49. The molecule has 2 rings (SSSR count). The molecule has 1 saturated heterocycles. The average molecular weight is 290 g/mol. The lowest BCUT2D eigenvalue weighted by Crippen LogP contribution is -2.46. The second-order valence-electron chi connectivity index (χ2n) is 5.04. The summed E-state index contributed by atoms with van der Waals surface area (Å²) in [6, 6.07) is 1.64. The normalized spacial score (nSPS) is 20.9. The van der Waals surface area contributed by atoms with Crippen LogP contribution in [0.4, 0.5) is 4.79 Å². The van der Waals surface area contributed by atoms with Gasteiger partial charge in [0.05, 0.1) is 11.6 Å². The van der Waals surface area contributed by atoms with E-state index >= 15 is 0 Å². The lowest BCUT2D eigenvalue weighted by atomic mass is 9.79. The maximum atomic E-state index is 11.3. The van der Waals surface area contributed by atoms with Gasteiger partial charge in [-0.25, -0.2) is 4.79 Å². The van der Waals surface area contributed by atoms with E-state index in [2.05, 4.69) is 5.32 Å². The number of halogens is 1. The van der Waals surface area contributed by atoms with Gasteiger partial charge in [-0.3, -0.25) is 0 Å². The Bertz CT molecular complexity index is 480. The number of carbonyl (C=O) groups excluding carboxylic acids is 1. The number of carbonyl (C=O) groups is 1. The molecule has 1 aliphatic heterocycles. The predicted molar refractivity (Wildman–Crippen MR) is 69.7 cm³/mol. The maximum Gasteiger partial charge on any atom is 0.407 e. The molecule has 0 spiro atoms. The largest absolute Gasteiger partial charge is 0.508 e. The topological polar surface area (TPSA) is 99.0 Å². The summed E-state index contributed by atoms with van der Waals surface area (Å²) in [5.74, 6) is -0.787. The number of amides is 1. The van der Waals surface area contributed by atoms with Crippen molar-refractivity contribution >= 4 is 18.5 Å². The number of cyclic esters (lactones) is 1. The van der Waals surface area contributed by atoms with Gasteiger partial charge in [-0.1, -0.05) is 13.8 Å². The van der Waals surface area contributed by atoms with Crippen molar-refractivity contribution < 1.29 is 24.9 Å². The standard InChI is InChI=1S/C12H15NO5.ClH/c1-12(2)5-18-11(17)13-10(12)9-7(15)3-6(14)4-8(9)16;/h3-4,10,14-16H,5H2,1-2H3,(H,13,17);1H/t10-;/m0./s1. The molecule has 1 aromatic rings. The summed E-state index contributed by atoms with van der Waals surface area (Å²) < 4.78 is 4.89. The number of alkyl carbamates (subject to hydrolysis) is 1. The molecule has 1 atom stereocenters. The van der Waals surface area contributed by atoms with E-state index in [1.807, 2.05) is 13.8 Å². The molecule has 1 heterocycles. The van der Waals surface area contributed by atoms with E-state index in [0.717, 1.165) is 12.1 Å². The second-order valence-corrected chi connectivity index (χ2v) is 5.04. The van der Waals surface area contributed by atoms with Crippen LogP contribution < -0.4 is 5.32 Å². The summed E-state index contributed by atoms with van der Waals surface area (Å²) in [7, 11) is 0. The molecule has 0 aliphatic carbocycles. The van der Waals surface area contributed by atoms with E-state index in [1.54, 1.807) is 0 Å². The number of ether oxygens (including phenoxy) is 1. The van der Waals surface area contributed by atoms with Gasteiger partial charge < -0.3 is 25.4 Å². The fourth-order valence-electron chi connectivity index (χ4n) is 2.06. The molecule has 1 fully saturated rings. The smallest absolute Gasteiger partial charge is 0.407 e. The third kappa shape index (κ3) is 2.78. The zero-order chi connectivity index (χ0) is 13.5. The van der Waals surface area contributed by atoms with Crippen molar-refractivity contribution in [1.29, 1.82) is 0 Å². The molecule has 0 saturated carbocycles. The molecule has 1 amide bonds. The number of hydrogen-bond donors (Lipinski definition) is 4. The quantitative estimate of drug-likeness (QED) is 0.634. The van der Waals surface area contributed by atoms with Crippen LogP contribution in [0.5, 0.6) is 17.2 Å². The van der Waals surface area contributed by atoms with Gasteiger partial charge in [0.15, 0.2) is 0 Å². The minimum absolute atomic E-state index is 0. The highest BCUT2D eigenvalue weighted by molar-refractivity contribution is 5.85. The van der Waals surface area contributed by atoms with Crippen molar-refractivity contribution in [3.05, 3.63) is 17.7 Å². The minimum atomic E-state index is -0.605. The van der Waals surface area contributed by atoms with Gasteiger partial charge in [-0.05, 0) is 0 Å². The number of hydrogen-bond acceptors (Lipinski definition) is 5. The molecule has 6 nitrogen and oxygen atoms in total. The fraction of sp³-hybridized carbons (Fsp3) is 0.417. The number of benzene rings is 1. The molecule has 1 aromatic carbocycles. The van der Waals surface area contributed by atoms with E-state index in [4.69, 9.17) is 4.74 Å². The molecule has 0 aromatic heterocycles. The molecular formula is C12H16ClNO5. The Labute approximate surface area is 116 Å². The summed E-state index contributed by atoms with van der Waals surface area (Å²) in [5.41, 5.74) is -0.325. The van der Waals surface area contributed by atoms with Crippen molar-refractivity contribution in [3.8, 4) is 17.2 Å². The Hall–Kier alpha value is -1.82. The summed E-state index contributed by atoms with van der Waals surface area (Å²) in [5, 5.41) is 31.5. The van der Waals surface area contributed by atoms with Crippen molar-refractivity contribution in [1.82, 2.24) is 5.32 Å². The van der Waals surface area contributed by atoms with Gasteiger partial charge in [0.2, 0.25) is 0 Å². The first kappa shape index (κ1) is 15.2. The third-order valence-corrected chi connectivity index (χ3v) is 3.03. The summed E-state index contributed by atoms with van der Waals surface area (Å²) >= 11 is 0. The summed E-state index contributed by atoms with van der Waals surface area (Å²) in [6.07, 6.45) is -0.605. The van der Waals surface area contributed by atoms with Crippen LogP contribution in [0.3, 0.4) is 0 Å². The van der Waals surface area contributed by atoms with Gasteiger partial charge in [0.25, 0.3) is 0 Å². The lowest BCUT2D eigenvalue weighted by Gasteiger charge is -2.38. The summed E-state index contributed by atoms with van der Waals surface area (Å²) in [6.45, 7) is 3.84. The van der Waals surface area contributed by atoms with Crippen molar-refractivity contribution in [2.24, 2.45) is 5.41 Å². The van der Waals surface area contributed by atoms with Crippen molar-refractivity contribution in [2.75, 3.05) is 6.61 Å². The predicted octanol–water partition coefficient (Wildman–Crippen LogP) is 2.03. The summed E-state index contributed by atoms with van der Waals surface area (Å²) in [4.78, 5) is 11.3. The van der Waals surface area contributed by atoms with Gasteiger partial charge in [-0.15, -0.1) is 12.4 Å². The van der Waals surface area contributed by atoms with Crippen LogP contribution in [0.15, 0.2) is 12.1 Å². The van der Waals surface area contributed by atoms with Gasteiger partial charge >= 0.3 is 6.09 Å². The highest BCUT2D eigenvalue weighted by atomic mass is 35.5. The Balaban J connectivity index is 0.00000180. The maximum absolute atomic E-state index is 11.3. The second kappa shape index (κ2) is 5.05. The van der Waals surface area contributed by atoms with Crippen LogP contribution in [0.25, 0.3) is 0 Å². The number of phenols is 3. The number of phenolic OH excluding ortho intramolecular Hbond substituents is 3. The van der Waals surface area contributed by atoms with Crippen LogP contribution in [-0.4, -0.2) is 28.0 Å². The highest BCUT2D eigenvalue weighted by Crippen LogP contribution is 2.45. The molecule has 0 radical (unpaired) electrons. The van der Waals surface area contributed by atoms with Gasteiger partial charge in [-0.2, -0.15) is 0 Å². The Morgan fingerprint density at radius 3 is 2.32 bits per heavy atom. The fourth-order valence-corrected chi connectivity index (χ4v) is 2.06. The van der Waals surface area contributed by atoms with Crippen LogP contribution in [-0.2, 0) is 4.74 Å². The molecule has 7 heteroatoms. The monoisotopic (exact) mass is 289 g/mol. The number of nitrogens with one attached hydrogen (secondary N) is 1. The number of rotatable bonds is 1. The van der Waals surface area contributed by atoms with E-state index in [-0.39, 0.29) is 41.8 Å². The van der Waals surface area contributed by atoms with Crippen molar-refractivity contribution in [3.63, 3.8) is 0 Å². The van der Waals surface area contributed by atoms with Gasteiger partial charge in [0, 0.05) is 17.5 Å². The zero-order valence-electron chi connectivity index (χ0n) is 10.5. The molecule has 0 unspecified atom stereocenters. The first-order chi connectivity index (χ1) is 8.31. The molecule has 19 heavy (non-hydrogen) atoms. The number of aromatic hydroxyl groups is 3. The molecule has 4 N–H and O–H groups in total. The van der Waals surface area contributed by atoms with E-state index in [9.17, 15) is 20.1 Å². The minimum Gasteiger partial charge on any atom is -0.508 e. The molecular weight excluding hydrogens is 274 g/mol. The Kier molecular flexibility index (Phi) is 4.05. The Morgan fingerprint density at radius 1 is 1.26 bits per heavy atom. The van der Waals surface area contributed by atoms with E-state index in [1.165, 1.54) is 0 Å². The molecule has 106 valence electrons. The van der Waals surface area contributed by atoms with Crippen LogP contribution in [0, 0.1) is 5.41 Å². The van der Waals surface area contributed by atoms with Crippen LogP contribution in [0.2, 0.25) is 0 Å². The first-order valence-corrected chi connectivity index (χ1v) is 5.49. The third-order valence-electron chi connectivity index (χ3n) is 3.03. The van der Waals surface area contributed by atoms with Crippen LogP contribution in [0.1, 0.15) is 25.5 Å². The van der Waals surface area contributed by atoms with Crippen LogP contribution >= 0.6 is 12.4 Å². The van der Waals surface area contributed by atoms with E-state index < -0.39 is 17.6 Å². The van der Waals surface area contributed by atoms with Gasteiger partial charge in [0.1, 0.15) is 23.9 Å². The molecule has 0 bridgehead atoms. The SMILES string of the molecule is CC1(C)COC(=O)N[C@H]1c1c(O)cc(O)cc1O.Cl. The highest BCUT2D eigenvalue weighted by Gasteiger charge is 2.40. The van der Waals surface area contributed by atoms with Crippen molar-refractivity contribution in [2.45, 2.75) is 19.9 Å².